The van der Waals surface area contributed by atoms with E-state index in [9.17, 15) is 9.18 Å². The largest absolute Gasteiger partial charge is 0.342 e. The molecule has 0 spiro atoms. The zero-order chi connectivity index (χ0) is 21.6. The summed E-state index contributed by atoms with van der Waals surface area (Å²) in [5.74, 6) is 1.11. The van der Waals surface area contributed by atoms with Crippen molar-refractivity contribution in [3.63, 3.8) is 0 Å². The number of rotatable bonds is 8. The summed E-state index contributed by atoms with van der Waals surface area (Å²) in [6.07, 6.45) is 2.79. The molecule has 1 aromatic heterocycles. The van der Waals surface area contributed by atoms with E-state index >= 15 is 0 Å². The van der Waals surface area contributed by atoms with Gasteiger partial charge < -0.3 is 9.88 Å². The number of para-hydroxylation sites is 2. The molecule has 6 heteroatoms. The number of fused-ring (bicyclic) bond motifs is 1. The van der Waals surface area contributed by atoms with E-state index in [1.54, 1.807) is 11.8 Å². The Morgan fingerprint density at radius 3 is 2.48 bits per heavy atom. The van der Waals surface area contributed by atoms with Crippen molar-refractivity contribution in [1.82, 2.24) is 14.9 Å². The molecule has 1 heterocycles. The molecule has 3 aromatic carbocycles. The topological polar surface area (TPSA) is 46.9 Å². The Labute approximate surface area is 185 Å². The van der Waals surface area contributed by atoms with E-state index in [-0.39, 0.29) is 17.8 Å². The first-order chi connectivity index (χ1) is 15.2. The summed E-state index contributed by atoms with van der Waals surface area (Å²) in [7, 11) is 0. The lowest BCUT2D eigenvalue weighted by atomic mass is 10.1. The number of amides is 1. The lowest BCUT2D eigenvalue weighted by Gasteiger charge is -2.20. The SMILES string of the molecule is CSCC[C@@H](NC(=O)c1ccc(F)cc1)c1nc2ccccc2n1Cc1ccccc1. The van der Waals surface area contributed by atoms with E-state index in [2.05, 4.69) is 28.1 Å². The highest BCUT2D eigenvalue weighted by Crippen LogP contribution is 2.25. The summed E-state index contributed by atoms with van der Waals surface area (Å²) >= 11 is 1.73. The van der Waals surface area contributed by atoms with Crippen LogP contribution in [0.15, 0.2) is 78.9 Å². The normalized spacial score (nSPS) is 12.1. The maximum Gasteiger partial charge on any atom is 0.251 e. The predicted molar refractivity (Wildman–Crippen MR) is 125 cm³/mol. The Balaban J connectivity index is 1.71. The van der Waals surface area contributed by atoms with Gasteiger partial charge >= 0.3 is 0 Å². The average molecular weight is 434 g/mol. The smallest absolute Gasteiger partial charge is 0.251 e. The van der Waals surface area contributed by atoms with Crippen LogP contribution in [0.4, 0.5) is 4.39 Å². The van der Waals surface area contributed by atoms with Crippen LogP contribution in [0.1, 0.15) is 34.2 Å². The minimum atomic E-state index is -0.361. The monoisotopic (exact) mass is 433 g/mol. The molecule has 0 unspecified atom stereocenters. The molecule has 0 saturated heterocycles. The van der Waals surface area contributed by atoms with E-state index in [4.69, 9.17) is 4.98 Å². The Bertz CT molecular complexity index is 1160. The summed E-state index contributed by atoms with van der Waals surface area (Å²) in [5.41, 5.74) is 3.53. The minimum absolute atomic E-state index is 0.232. The fourth-order valence-electron chi connectivity index (χ4n) is 3.64. The van der Waals surface area contributed by atoms with Gasteiger partial charge in [0.25, 0.3) is 5.91 Å². The van der Waals surface area contributed by atoms with Gasteiger partial charge in [-0.3, -0.25) is 4.79 Å². The van der Waals surface area contributed by atoms with Gasteiger partial charge in [-0.1, -0.05) is 42.5 Å². The number of aromatic nitrogens is 2. The number of imidazole rings is 1. The van der Waals surface area contributed by atoms with Crippen LogP contribution < -0.4 is 5.32 Å². The summed E-state index contributed by atoms with van der Waals surface area (Å²) in [5, 5.41) is 3.13. The fourth-order valence-corrected chi connectivity index (χ4v) is 4.11. The molecule has 0 radical (unpaired) electrons. The fraction of sp³-hybridized carbons (Fsp3) is 0.200. The Hall–Kier alpha value is -3.12. The molecule has 0 aliphatic heterocycles. The van der Waals surface area contributed by atoms with Gasteiger partial charge in [-0.05, 0) is 60.4 Å². The van der Waals surface area contributed by atoms with Crippen LogP contribution in [0.2, 0.25) is 0 Å². The van der Waals surface area contributed by atoms with Crippen LogP contribution in [0.3, 0.4) is 0 Å². The number of hydrogen-bond donors (Lipinski definition) is 1. The first kappa shape index (κ1) is 21.1. The quantitative estimate of drug-likeness (QED) is 0.402. The van der Waals surface area contributed by atoms with Crippen molar-refractivity contribution in [2.75, 3.05) is 12.0 Å². The second kappa shape index (κ2) is 9.79. The van der Waals surface area contributed by atoms with Gasteiger partial charge in [0.1, 0.15) is 11.6 Å². The molecule has 158 valence electrons. The molecule has 0 aliphatic carbocycles. The summed E-state index contributed by atoms with van der Waals surface area (Å²) in [6, 6.07) is 23.6. The number of benzene rings is 3. The van der Waals surface area contributed by atoms with Crippen LogP contribution in [-0.4, -0.2) is 27.5 Å². The highest BCUT2D eigenvalue weighted by Gasteiger charge is 2.23. The lowest BCUT2D eigenvalue weighted by molar-refractivity contribution is 0.0933. The maximum atomic E-state index is 13.3. The molecule has 0 bridgehead atoms. The molecule has 1 atom stereocenters. The number of halogens is 1. The maximum absolute atomic E-state index is 13.3. The van der Waals surface area contributed by atoms with Crippen LogP contribution in [0.5, 0.6) is 0 Å². The van der Waals surface area contributed by atoms with Crippen molar-refractivity contribution in [3.8, 4) is 0 Å². The van der Waals surface area contributed by atoms with Crippen molar-refractivity contribution in [2.45, 2.75) is 19.0 Å². The second-order valence-corrected chi connectivity index (χ2v) is 8.33. The van der Waals surface area contributed by atoms with Crippen LogP contribution in [0, 0.1) is 5.82 Å². The third kappa shape index (κ3) is 4.97. The van der Waals surface area contributed by atoms with Crippen molar-refractivity contribution >= 4 is 28.7 Å². The predicted octanol–water partition coefficient (Wildman–Crippen LogP) is 5.45. The Morgan fingerprint density at radius 1 is 1.03 bits per heavy atom. The van der Waals surface area contributed by atoms with Gasteiger partial charge in [0.2, 0.25) is 0 Å². The number of thioether (sulfide) groups is 1. The number of nitrogens with one attached hydrogen (secondary N) is 1. The van der Waals surface area contributed by atoms with Crippen molar-refractivity contribution in [1.29, 1.82) is 0 Å². The molecule has 0 saturated carbocycles. The van der Waals surface area contributed by atoms with Crippen LogP contribution >= 0.6 is 11.8 Å². The van der Waals surface area contributed by atoms with Crippen molar-refractivity contribution < 1.29 is 9.18 Å². The minimum Gasteiger partial charge on any atom is -0.342 e. The first-order valence-corrected chi connectivity index (χ1v) is 11.6. The molecule has 4 rings (SSSR count). The van der Waals surface area contributed by atoms with E-state index in [0.717, 1.165) is 29.0 Å². The number of carbonyl (C=O) groups excluding carboxylic acids is 1. The number of nitrogens with zero attached hydrogens (tertiary/aromatic N) is 2. The highest BCUT2D eigenvalue weighted by atomic mass is 32.2. The average Bonchev–Trinajstić information content (AvgIpc) is 3.16. The molecule has 0 aliphatic rings. The number of hydrogen-bond acceptors (Lipinski definition) is 3. The van der Waals surface area contributed by atoms with Crippen molar-refractivity contribution in [2.24, 2.45) is 0 Å². The van der Waals surface area contributed by atoms with E-state index in [0.29, 0.717) is 12.1 Å². The Kier molecular flexibility index (Phi) is 6.67. The van der Waals surface area contributed by atoms with Gasteiger partial charge in [0.05, 0.1) is 17.1 Å². The molecule has 4 aromatic rings. The summed E-state index contributed by atoms with van der Waals surface area (Å²) in [4.78, 5) is 17.8. The van der Waals surface area contributed by atoms with Gasteiger partial charge in [0.15, 0.2) is 0 Å². The molecule has 4 nitrogen and oxygen atoms in total. The summed E-state index contributed by atoms with van der Waals surface area (Å²) in [6.45, 7) is 0.666. The Morgan fingerprint density at radius 2 is 1.74 bits per heavy atom. The van der Waals surface area contributed by atoms with Gasteiger partial charge in [-0.2, -0.15) is 11.8 Å². The van der Waals surface area contributed by atoms with E-state index in [1.807, 2.05) is 42.7 Å². The van der Waals surface area contributed by atoms with Gasteiger partial charge in [-0.15, -0.1) is 0 Å². The molecule has 31 heavy (non-hydrogen) atoms. The molecule has 1 N–H and O–H groups in total. The van der Waals surface area contributed by atoms with Gasteiger partial charge in [-0.25, -0.2) is 9.37 Å². The van der Waals surface area contributed by atoms with Crippen molar-refractivity contribution in [3.05, 3.63) is 102 Å². The van der Waals surface area contributed by atoms with E-state index < -0.39 is 0 Å². The highest BCUT2D eigenvalue weighted by molar-refractivity contribution is 7.98. The molecular formula is C25H24FN3OS. The molecule has 1 amide bonds. The summed E-state index contributed by atoms with van der Waals surface area (Å²) < 4.78 is 15.5. The van der Waals surface area contributed by atoms with Gasteiger partial charge in [0, 0.05) is 12.1 Å². The zero-order valence-corrected chi connectivity index (χ0v) is 18.1. The molecular weight excluding hydrogens is 409 g/mol. The molecule has 0 fully saturated rings. The second-order valence-electron chi connectivity index (χ2n) is 7.34. The first-order valence-electron chi connectivity index (χ1n) is 10.2. The number of carbonyl (C=O) groups is 1. The third-order valence-corrected chi connectivity index (χ3v) is 5.85. The zero-order valence-electron chi connectivity index (χ0n) is 17.3. The van der Waals surface area contributed by atoms with Crippen LogP contribution in [0.25, 0.3) is 11.0 Å². The standard InChI is InChI=1S/C25H24FN3OS/c1-31-16-15-22(28-25(30)19-11-13-20(26)14-12-19)24-27-21-9-5-6-10-23(21)29(24)17-18-7-3-2-4-8-18/h2-14,22H,15-17H2,1H3,(H,28,30)/t22-/m1/s1. The third-order valence-electron chi connectivity index (χ3n) is 5.20. The lowest BCUT2D eigenvalue weighted by Crippen LogP contribution is -2.31. The van der Waals surface area contributed by atoms with E-state index in [1.165, 1.54) is 29.8 Å². The van der Waals surface area contributed by atoms with Crippen LogP contribution in [-0.2, 0) is 6.54 Å².